The van der Waals surface area contributed by atoms with E-state index in [4.69, 9.17) is 4.42 Å². The summed E-state index contributed by atoms with van der Waals surface area (Å²) >= 11 is 0. The van der Waals surface area contributed by atoms with Crippen LogP contribution in [0.2, 0.25) is 0 Å². The van der Waals surface area contributed by atoms with Gasteiger partial charge in [0.05, 0.1) is 0 Å². The van der Waals surface area contributed by atoms with Crippen LogP contribution in [0.1, 0.15) is 31.4 Å². The molecule has 0 aliphatic rings. The largest absolute Gasteiger partial charge is 0.446 e. The van der Waals surface area contributed by atoms with Crippen LogP contribution in [0.3, 0.4) is 0 Å². The first-order chi connectivity index (χ1) is 9.10. The van der Waals surface area contributed by atoms with Gasteiger partial charge in [0.2, 0.25) is 5.91 Å². The molecule has 0 aliphatic heterocycles. The third-order valence-electron chi connectivity index (χ3n) is 2.82. The first-order valence-corrected chi connectivity index (χ1v) is 6.44. The van der Waals surface area contributed by atoms with Gasteiger partial charge < -0.3 is 9.73 Å². The number of hydrogen-bond acceptors (Lipinski definition) is 3. The first-order valence-electron chi connectivity index (χ1n) is 6.44. The van der Waals surface area contributed by atoms with Crippen LogP contribution in [0.25, 0.3) is 11.3 Å². The molecule has 4 heteroatoms. The Bertz CT molecular complexity index is 570. The van der Waals surface area contributed by atoms with Crippen LogP contribution < -0.4 is 5.32 Å². The van der Waals surface area contributed by atoms with E-state index in [2.05, 4.69) is 10.3 Å². The zero-order chi connectivity index (χ0) is 13.8. The van der Waals surface area contributed by atoms with Crippen LogP contribution in [0, 0.1) is 13.8 Å². The summed E-state index contributed by atoms with van der Waals surface area (Å²) in [4.78, 5) is 15.8. The van der Waals surface area contributed by atoms with E-state index in [1.807, 2.05) is 45.0 Å². The van der Waals surface area contributed by atoms with Gasteiger partial charge in [0.1, 0.15) is 11.5 Å². The number of rotatable bonds is 4. The number of hydrogen-bond donors (Lipinski definition) is 1. The van der Waals surface area contributed by atoms with Crippen molar-refractivity contribution in [2.45, 2.75) is 33.6 Å². The second kappa shape index (κ2) is 5.69. The van der Waals surface area contributed by atoms with Gasteiger partial charge in [0.25, 0.3) is 0 Å². The Morgan fingerprint density at radius 2 is 1.95 bits per heavy atom. The Morgan fingerprint density at radius 3 is 2.47 bits per heavy atom. The fourth-order valence-electron chi connectivity index (χ4n) is 1.96. The fourth-order valence-corrected chi connectivity index (χ4v) is 1.96. The average Bonchev–Trinajstić information content (AvgIpc) is 2.70. The van der Waals surface area contributed by atoms with E-state index < -0.39 is 0 Å². The molecule has 0 saturated carbocycles. The van der Waals surface area contributed by atoms with Crippen molar-refractivity contribution < 1.29 is 9.21 Å². The number of nitrogens with one attached hydrogen (secondary N) is 1. The molecule has 1 heterocycles. The zero-order valence-corrected chi connectivity index (χ0v) is 11.5. The Labute approximate surface area is 112 Å². The second-order valence-corrected chi connectivity index (χ2v) is 4.51. The average molecular weight is 258 g/mol. The third kappa shape index (κ3) is 3.22. The summed E-state index contributed by atoms with van der Waals surface area (Å²) in [7, 11) is 0. The summed E-state index contributed by atoms with van der Waals surface area (Å²) in [5.41, 5.74) is 2.65. The van der Waals surface area contributed by atoms with E-state index in [-0.39, 0.29) is 5.91 Å². The number of benzene rings is 1. The van der Waals surface area contributed by atoms with Crippen molar-refractivity contribution in [1.29, 1.82) is 0 Å². The molecule has 0 spiro atoms. The normalized spacial score (nSPS) is 10.5. The molecule has 0 unspecified atom stereocenters. The molecular weight excluding hydrogens is 240 g/mol. The van der Waals surface area contributed by atoms with Crippen molar-refractivity contribution in [2.24, 2.45) is 0 Å². The highest BCUT2D eigenvalue weighted by Gasteiger charge is 2.09. The van der Waals surface area contributed by atoms with Gasteiger partial charge in [-0.1, -0.05) is 19.1 Å². The minimum absolute atomic E-state index is 0.0451. The van der Waals surface area contributed by atoms with Crippen LogP contribution in [-0.4, -0.2) is 10.9 Å². The number of anilines is 1. The molecule has 1 amide bonds. The molecule has 0 fully saturated rings. The van der Waals surface area contributed by atoms with Gasteiger partial charge >= 0.3 is 0 Å². The van der Waals surface area contributed by atoms with Crippen molar-refractivity contribution in [3.63, 3.8) is 0 Å². The fraction of sp³-hybridized carbons (Fsp3) is 0.333. The van der Waals surface area contributed by atoms with Crippen molar-refractivity contribution in [2.75, 3.05) is 5.32 Å². The maximum Gasteiger partial charge on any atom is 0.224 e. The van der Waals surface area contributed by atoms with E-state index in [0.29, 0.717) is 12.3 Å². The number of carbonyl (C=O) groups is 1. The van der Waals surface area contributed by atoms with Gasteiger partial charge in [-0.05, 0) is 25.5 Å². The summed E-state index contributed by atoms with van der Waals surface area (Å²) in [5, 5.41) is 2.86. The van der Waals surface area contributed by atoms with Gasteiger partial charge in [0, 0.05) is 24.6 Å². The smallest absolute Gasteiger partial charge is 0.224 e. The number of aromatic nitrogens is 1. The van der Waals surface area contributed by atoms with Crippen LogP contribution in [0.15, 0.2) is 28.7 Å². The molecule has 19 heavy (non-hydrogen) atoms. The van der Waals surface area contributed by atoms with Gasteiger partial charge in [-0.15, -0.1) is 0 Å². The van der Waals surface area contributed by atoms with Gasteiger partial charge in [-0.25, -0.2) is 4.98 Å². The lowest BCUT2D eigenvalue weighted by atomic mass is 10.1. The molecule has 4 nitrogen and oxygen atoms in total. The highest BCUT2D eigenvalue weighted by molar-refractivity contribution is 5.90. The lowest BCUT2D eigenvalue weighted by molar-refractivity contribution is -0.116. The summed E-state index contributed by atoms with van der Waals surface area (Å²) in [5.74, 6) is 1.51. The van der Waals surface area contributed by atoms with Crippen LogP contribution in [0.5, 0.6) is 0 Å². The summed E-state index contributed by atoms with van der Waals surface area (Å²) in [6.45, 7) is 5.71. The third-order valence-corrected chi connectivity index (χ3v) is 2.82. The SMILES string of the molecule is CCCC(=O)Nc1ccc(-c2nc(C)oc2C)cc1. The molecule has 2 rings (SSSR count). The zero-order valence-electron chi connectivity index (χ0n) is 11.5. The van der Waals surface area contributed by atoms with Gasteiger partial charge in [-0.3, -0.25) is 4.79 Å². The van der Waals surface area contributed by atoms with Crippen LogP contribution in [0.4, 0.5) is 5.69 Å². The minimum atomic E-state index is 0.0451. The maximum absolute atomic E-state index is 11.5. The number of nitrogens with zero attached hydrogens (tertiary/aromatic N) is 1. The number of oxazole rings is 1. The highest BCUT2D eigenvalue weighted by atomic mass is 16.4. The van der Waals surface area contributed by atoms with Crippen molar-refractivity contribution >= 4 is 11.6 Å². The molecule has 1 aromatic heterocycles. The topological polar surface area (TPSA) is 55.1 Å². The van der Waals surface area contributed by atoms with Gasteiger partial charge in [-0.2, -0.15) is 0 Å². The minimum Gasteiger partial charge on any atom is -0.446 e. The van der Waals surface area contributed by atoms with E-state index in [1.54, 1.807) is 0 Å². The van der Waals surface area contributed by atoms with E-state index in [0.717, 1.165) is 29.1 Å². The molecule has 2 aromatic rings. The second-order valence-electron chi connectivity index (χ2n) is 4.51. The molecule has 0 aliphatic carbocycles. The van der Waals surface area contributed by atoms with Crippen molar-refractivity contribution in [3.8, 4) is 11.3 Å². The van der Waals surface area contributed by atoms with Crippen LogP contribution >= 0.6 is 0 Å². The Hall–Kier alpha value is -2.10. The van der Waals surface area contributed by atoms with E-state index >= 15 is 0 Å². The Balaban J connectivity index is 2.14. The Kier molecular flexibility index (Phi) is 4.00. The maximum atomic E-state index is 11.5. The lowest BCUT2D eigenvalue weighted by Crippen LogP contribution is -2.10. The van der Waals surface area contributed by atoms with Crippen molar-refractivity contribution in [3.05, 3.63) is 35.9 Å². The number of amides is 1. The lowest BCUT2D eigenvalue weighted by Gasteiger charge is -2.05. The quantitative estimate of drug-likeness (QED) is 0.909. The van der Waals surface area contributed by atoms with E-state index in [1.165, 1.54) is 0 Å². The van der Waals surface area contributed by atoms with Gasteiger partial charge in [0.15, 0.2) is 5.89 Å². The summed E-state index contributed by atoms with van der Waals surface area (Å²) in [6, 6.07) is 7.64. The standard InChI is InChI=1S/C15H18N2O2/c1-4-5-14(18)17-13-8-6-12(7-9-13)15-10(2)19-11(3)16-15/h6-9H,4-5H2,1-3H3,(H,17,18). The number of aryl methyl sites for hydroxylation is 2. The highest BCUT2D eigenvalue weighted by Crippen LogP contribution is 2.24. The summed E-state index contributed by atoms with van der Waals surface area (Å²) < 4.78 is 5.41. The predicted octanol–water partition coefficient (Wildman–Crippen LogP) is 3.70. The molecule has 0 saturated heterocycles. The van der Waals surface area contributed by atoms with E-state index in [9.17, 15) is 4.79 Å². The molecule has 100 valence electrons. The molecule has 1 N–H and O–H groups in total. The number of carbonyl (C=O) groups excluding carboxylic acids is 1. The molecule has 0 radical (unpaired) electrons. The van der Waals surface area contributed by atoms with Crippen LogP contribution in [-0.2, 0) is 4.79 Å². The monoisotopic (exact) mass is 258 g/mol. The first kappa shape index (κ1) is 13.3. The predicted molar refractivity (Wildman–Crippen MR) is 75.0 cm³/mol. The summed E-state index contributed by atoms with van der Waals surface area (Å²) in [6.07, 6.45) is 1.39. The molecule has 1 aromatic carbocycles. The Morgan fingerprint density at radius 1 is 1.26 bits per heavy atom. The van der Waals surface area contributed by atoms with Crippen molar-refractivity contribution in [1.82, 2.24) is 4.98 Å². The molecule has 0 atom stereocenters. The molecular formula is C15H18N2O2. The molecule has 0 bridgehead atoms.